The third-order valence-corrected chi connectivity index (χ3v) is 15.7. The van der Waals surface area contributed by atoms with E-state index in [1.807, 2.05) is 87.5 Å². The van der Waals surface area contributed by atoms with Crippen LogP contribution in [0.1, 0.15) is 120 Å². The van der Waals surface area contributed by atoms with E-state index < -0.39 is 29.5 Å². The summed E-state index contributed by atoms with van der Waals surface area (Å²) >= 11 is 1.58. The monoisotopic (exact) mass is 986 g/mol. The number of piperazine rings is 1. The Balaban J connectivity index is 0.716. The number of pyridine rings is 1. The van der Waals surface area contributed by atoms with Gasteiger partial charge in [-0.15, -0.1) is 11.3 Å². The van der Waals surface area contributed by atoms with Crippen LogP contribution in [0.5, 0.6) is 0 Å². The van der Waals surface area contributed by atoms with E-state index >= 15 is 0 Å². The van der Waals surface area contributed by atoms with Crippen molar-refractivity contribution >= 4 is 69.4 Å². The summed E-state index contributed by atoms with van der Waals surface area (Å²) in [5.41, 5.74) is 6.21. The topological polar surface area (TPSA) is 220 Å². The summed E-state index contributed by atoms with van der Waals surface area (Å²) in [6, 6.07) is 11.5. The molecule has 376 valence electrons. The first-order chi connectivity index (χ1) is 34.1. The maximum absolute atomic E-state index is 14.2. The molecule has 4 aliphatic rings. The van der Waals surface area contributed by atoms with Gasteiger partial charge in [-0.3, -0.25) is 24.0 Å². The quantitative estimate of drug-likeness (QED) is 0.0812. The van der Waals surface area contributed by atoms with E-state index in [1.165, 1.54) is 11.3 Å². The van der Waals surface area contributed by atoms with Crippen LogP contribution in [0.15, 0.2) is 60.4 Å². The number of amides is 5. The number of aliphatic hydroxyl groups excluding tert-OH is 1. The van der Waals surface area contributed by atoms with Gasteiger partial charge in [0.25, 0.3) is 5.91 Å². The minimum absolute atomic E-state index is 0.0112. The van der Waals surface area contributed by atoms with Crippen LogP contribution in [0.25, 0.3) is 21.5 Å². The van der Waals surface area contributed by atoms with Gasteiger partial charge in [-0.2, -0.15) is 4.98 Å². The van der Waals surface area contributed by atoms with Crippen molar-refractivity contribution in [3.05, 3.63) is 77.3 Å². The number of β-amino-alcohol motifs (C(OH)–C–C–N with tert-alkyl or cyclic N) is 1. The second-order valence-electron chi connectivity index (χ2n) is 20.8. The Kier molecular flexibility index (Phi) is 14.4. The predicted octanol–water partition coefficient (Wildman–Crippen LogP) is 5.98. The predicted molar refractivity (Wildman–Crippen MR) is 272 cm³/mol. The van der Waals surface area contributed by atoms with Crippen LogP contribution in [0.3, 0.4) is 0 Å². The first kappa shape index (κ1) is 49.5. The number of benzene rings is 1. The highest BCUT2D eigenvalue weighted by Gasteiger charge is 2.45. The number of hydrogen-bond donors (Lipinski definition) is 5. The number of aryl methyl sites for hydroxylation is 1. The molecule has 4 atom stereocenters. The van der Waals surface area contributed by atoms with Gasteiger partial charge in [-0.25, -0.2) is 15.0 Å². The molecule has 2 saturated heterocycles. The van der Waals surface area contributed by atoms with Gasteiger partial charge in [0.15, 0.2) is 0 Å². The van der Waals surface area contributed by atoms with Gasteiger partial charge >= 0.3 is 0 Å². The molecule has 3 fully saturated rings. The molecule has 0 radical (unpaired) electrons. The number of nitrogens with one attached hydrogen (secondary N) is 4. The van der Waals surface area contributed by atoms with Crippen LogP contribution in [0, 0.1) is 12.3 Å². The Morgan fingerprint density at radius 3 is 2.37 bits per heavy atom. The molecular weight excluding hydrogens is 921 g/mol. The van der Waals surface area contributed by atoms with Gasteiger partial charge in [0.1, 0.15) is 29.2 Å². The molecule has 71 heavy (non-hydrogen) atoms. The van der Waals surface area contributed by atoms with Crippen LogP contribution < -0.4 is 26.2 Å². The minimum atomic E-state index is -0.933. The third-order valence-electron chi connectivity index (χ3n) is 14.7. The number of carbonyl (C=O) groups is 5. The summed E-state index contributed by atoms with van der Waals surface area (Å²) in [7, 11) is 0. The Morgan fingerprint density at radius 2 is 1.68 bits per heavy atom. The number of carbonyl (C=O) groups excluding carboxylic acids is 5. The van der Waals surface area contributed by atoms with Crippen molar-refractivity contribution < 1.29 is 29.1 Å². The second-order valence-corrected chi connectivity index (χ2v) is 21.6. The zero-order chi connectivity index (χ0) is 50.0. The number of aromatic nitrogens is 5. The van der Waals surface area contributed by atoms with E-state index in [0.717, 1.165) is 64.1 Å². The molecule has 3 aliphatic heterocycles. The Morgan fingerprint density at radius 1 is 0.930 bits per heavy atom. The Bertz CT molecular complexity index is 2760. The van der Waals surface area contributed by atoms with E-state index in [1.54, 1.807) is 23.7 Å². The number of nitrogens with zero attached hydrogens (tertiary/aromatic N) is 8. The highest BCUT2D eigenvalue weighted by molar-refractivity contribution is 7.13. The molecule has 1 aromatic carbocycles. The number of likely N-dealkylation sites (tertiary alicyclic amines) is 1. The van der Waals surface area contributed by atoms with Crippen molar-refractivity contribution in [2.75, 3.05) is 49.5 Å². The van der Waals surface area contributed by atoms with Gasteiger partial charge in [-0.05, 0) is 74.3 Å². The fraction of sp³-hybridized carbons (Fsp3) is 0.519. The van der Waals surface area contributed by atoms with Crippen molar-refractivity contribution in [1.82, 2.24) is 50.3 Å². The molecule has 1 saturated carbocycles. The van der Waals surface area contributed by atoms with Crippen LogP contribution in [0.4, 0.5) is 17.5 Å². The largest absolute Gasteiger partial charge is 0.391 e. The zero-order valence-electron chi connectivity index (χ0n) is 41.4. The number of anilines is 3. The fourth-order valence-corrected chi connectivity index (χ4v) is 11.5. The summed E-state index contributed by atoms with van der Waals surface area (Å²) in [5, 5.41) is 23.8. The van der Waals surface area contributed by atoms with Gasteiger partial charge in [0.2, 0.25) is 29.6 Å². The summed E-state index contributed by atoms with van der Waals surface area (Å²) in [4.78, 5) is 92.3. The summed E-state index contributed by atoms with van der Waals surface area (Å²) < 4.78 is 2.15. The van der Waals surface area contributed by atoms with Gasteiger partial charge < -0.3 is 45.6 Å². The van der Waals surface area contributed by atoms with Gasteiger partial charge in [-0.1, -0.05) is 64.3 Å². The lowest BCUT2D eigenvalue weighted by atomic mass is 9.80. The van der Waals surface area contributed by atoms with E-state index in [-0.39, 0.29) is 54.6 Å². The number of rotatable bonds is 14. The van der Waals surface area contributed by atoms with E-state index in [2.05, 4.69) is 45.7 Å². The first-order valence-electron chi connectivity index (χ1n) is 25.1. The molecular formula is C52H66N12O6S. The smallest absolute Gasteiger partial charge is 0.268 e. The average Bonchev–Trinajstić information content (AvgIpc) is 4.10. The fourth-order valence-electron chi connectivity index (χ4n) is 10.7. The number of hydrogen-bond acceptors (Lipinski definition) is 13. The van der Waals surface area contributed by atoms with Crippen LogP contribution in [-0.4, -0.2) is 126 Å². The molecule has 0 bridgehead atoms. The molecule has 19 heteroatoms. The molecule has 7 heterocycles. The third kappa shape index (κ3) is 10.8. The lowest BCUT2D eigenvalue weighted by molar-refractivity contribution is -0.144. The molecule has 4 aromatic heterocycles. The van der Waals surface area contributed by atoms with Crippen LogP contribution >= 0.6 is 11.3 Å². The maximum Gasteiger partial charge on any atom is 0.268 e. The SMILES string of the molecule is Cc1ncsc1-c1ccc(C(C)NC(=O)[C@@H]2C[C@@H](O)CN2C(=O)C(NC(=O)CCCCC(=O)N2CCN(c3ccc(Nc4ncc5cc6n(c5n4)C4(CCCCC4)CNC6=O)nc3)CC2)C(C)(C)C)cc1. The first-order valence-corrected chi connectivity index (χ1v) is 26.0. The number of fused-ring (bicyclic) bond motifs is 4. The van der Waals surface area contributed by atoms with E-state index in [9.17, 15) is 29.1 Å². The van der Waals surface area contributed by atoms with E-state index in [0.29, 0.717) is 69.4 Å². The Labute approximate surface area is 418 Å². The van der Waals surface area contributed by atoms with Crippen molar-refractivity contribution in [2.45, 2.75) is 129 Å². The number of unbranched alkanes of at least 4 members (excludes halogenated alkanes) is 1. The molecule has 5 aromatic rings. The lowest BCUT2D eigenvalue weighted by Crippen LogP contribution is -2.57. The van der Waals surface area contributed by atoms with Crippen molar-refractivity contribution in [3.63, 3.8) is 0 Å². The molecule has 5 amide bonds. The molecule has 1 aliphatic carbocycles. The normalized spacial score (nSPS) is 19.8. The maximum atomic E-state index is 14.2. The highest BCUT2D eigenvalue weighted by Crippen LogP contribution is 2.40. The lowest BCUT2D eigenvalue weighted by Gasteiger charge is -2.42. The molecule has 2 unspecified atom stereocenters. The van der Waals surface area contributed by atoms with E-state index in [4.69, 9.17) is 4.98 Å². The molecule has 5 N–H and O–H groups in total. The summed E-state index contributed by atoms with van der Waals surface area (Å²) in [5.74, 6) is -0.122. The minimum Gasteiger partial charge on any atom is -0.391 e. The van der Waals surface area contributed by atoms with Crippen LogP contribution in [0.2, 0.25) is 0 Å². The van der Waals surface area contributed by atoms with Gasteiger partial charge in [0.05, 0.1) is 45.7 Å². The van der Waals surface area contributed by atoms with Crippen molar-refractivity contribution in [2.24, 2.45) is 5.41 Å². The molecule has 1 spiro atoms. The standard InChI is InChI=1S/C52H66N12O6S/c1-32(34-13-15-35(16-14-34)44-33(2)56-31-71-44)57-48(69)39-26-38(65)29-63(39)49(70)45(51(3,4)5)59-42(66)11-7-8-12-43(67)62-23-21-61(22-24-62)37-17-18-41(53-28-37)58-50-54-27-36-25-40-47(68)55-30-52(19-9-6-10-20-52)64(40)46(36)60-50/h13-18,25,27-28,31-32,38-39,45,65H,6-12,19-24,26,29-30H2,1-5H3,(H,55,68)(H,57,69)(H,59,66)(H,53,54,58,60)/t32?,38-,39+,45?/m1/s1. The zero-order valence-corrected chi connectivity index (χ0v) is 42.2. The van der Waals surface area contributed by atoms with Crippen molar-refractivity contribution in [3.8, 4) is 10.4 Å². The number of aliphatic hydroxyl groups is 1. The molecule has 18 nitrogen and oxygen atoms in total. The summed E-state index contributed by atoms with van der Waals surface area (Å²) in [6.07, 6.45) is 9.65. The second kappa shape index (κ2) is 20.7. The number of thiazole rings is 1. The highest BCUT2D eigenvalue weighted by atomic mass is 32.1. The average molecular weight is 987 g/mol. The summed E-state index contributed by atoms with van der Waals surface area (Å²) in [6.45, 7) is 12.5. The van der Waals surface area contributed by atoms with Gasteiger partial charge in [0, 0.05) is 70.1 Å². The molecule has 9 rings (SSSR count). The Hall–Kier alpha value is -6.47. The van der Waals surface area contributed by atoms with Crippen molar-refractivity contribution in [1.29, 1.82) is 0 Å². The van der Waals surface area contributed by atoms with Crippen LogP contribution in [-0.2, 0) is 24.7 Å².